The Labute approximate surface area is 150 Å². The van der Waals surface area contributed by atoms with Gasteiger partial charge in [-0.25, -0.2) is 17.9 Å². The Morgan fingerprint density at radius 2 is 1.85 bits per heavy atom. The number of rotatable bonds is 3. The van der Waals surface area contributed by atoms with Gasteiger partial charge in [0.25, 0.3) is 0 Å². The zero-order valence-corrected chi connectivity index (χ0v) is 15.4. The minimum Gasteiger partial charge on any atom is -0.275 e. The van der Waals surface area contributed by atoms with Crippen LogP contribution in [0, 0.1) is 13.8 Å². The van der Waals surface area contributed by atoms with Crippen LogP contribution < -0.4 is 0 Å². The largest absolute Gasteiger partial charge is 0.275 e. The summed E-state index contributed by atoms with van der Waals surface area (Å²) in [4.78, 5) is 4.95. The summed E-state index contributed by atoms with van der Waals surface area (Å²) < 4.78 is 25.4. The summed E-state index contributed by atoms with van der Waals surface area (Å²) in [6.07, 6.45) is 4.60. The van der Waals surface area contributed by atoms with Gasteiger partial charge in [-0.1, -0.05) is 6.07 Å². The summed E-state index contributed by atoms with van der Waals surface area (Å²) in [5.41, 5.74) is 5.28. The van der Waals surface area contributed by atoms with Gasteiger partial charge in [0.05, 0.1) is 16.1 Å². The van der Waals surface area contributed by atoms with Crippen molar-refractivity contribution in [3.05, 3.63) is 54.0 Å². The van der Waals surface area contributed by atoms with Crippen LogP contribution in [0.3, 0.4) is 0 Å². The Morgan fingerprint density at radius 1 is 1.04 bits per heavy atom. The lowest BCUT2D eigenvalue weighted by atomic mass is 10.0. The molecule has 0 spiro atoms. The molecular formula is C18H17N5O2S. The summed E-state index contributed by atoms with van der Waals surface area (Å²) >= 11 is 0. The fraction of sp³-hybridized carbons (Fsp3) is 0.167. The highest BCUT2D eigenvalue weighted by Gasteiger charge is 2.18. The lowest BCUT2D eigenvalue weighted by molar-refractivity contribution is 0.602. The van der Waals surface area contributed by atoms with Gasteiger partial charge in [-0.15, -0.1) is 0 Å². The Bertz CT molecular complexity index is 1220. The highest BCUT2D eigenvalue weighted by molar-refractivity contribution is 7.90. The third-order valence-corrected chi connectivity index (χ3v) is 5.48. The van der Waals surface area contributed by atoms with Crippen molar-refractivity contribution in [2.24, 2.45) is 0 Å². The van der Waals surface area contributed by atoms with E-state index >= 15 is 0 Å². The first-order valence-corrected chi connectivity index (χ1v) is 9.90. The number of sulfone groups is 1. The molecule has 0 saturated heterocycles. The molecule has 0 atom stereocenters. The van der Waals surface area contributed by atoms with E-state index in [0.717, 1.165) is 33.6 Å². The molecule has 1 aromatic carbocycles. The van der Waals surface area contributed by atoms with E-state index in [1.54, 1.807) is 29.0 Å². The zero-order chi connectivity index (χ0) is 18.5. The molecule has 0 aliphatic carbocycles. The molecule has 26 heavy (non-hydrogen) atoms. The average molecular weight is 367 g/mol. The molecule has 0 fully saturated rings. The van der Waals surface area contributed by atoms with E-state index in [1.165, 1.54) is 6.26 Å². The fourth-order valence-electron chi connectivity index (χ4n) is 3.13. The van der Waals surface area contributed by atoms with Crippen LogP contribution in [0.15, 0.2) is 47.6 Å². The molecule has 0 aliphatic rings. The van der Waals surface area contributed by atoms with E-state index < -0.39 is 9.84 Å². The molecule has 7 nitrogen and oxygen atoms in total. The van der Waals surface area contributed by atoms with Gasteiger partial charge in [0.15, 0.2) is 15.7 Å². The molecule has 4 aromatic rings. The highest BCUT2D eigenvalue weighted by Crippen LogP contribution is 2.32. The second-order valence-electron chi connectivity index (χ2n) is 6.25. The van der Waals surface area contributed by atoms with Crippen LogP contribution in [0.25, 0.3) is 28.2 Å². The number of nitrogens with one attached hydrogen (secondary N) is 1. The second kappa shape index (κ2) is 5.77. The van der Waals surface area contributed by atoms with Crippen LogP contribution in [0.2, 0.25) is 0 Å². The van der Waals surface area contributed by atoms with Gasteiger partial charge >= 0.3 is 0 Å². The van der Waals surface area contributed by atoms with Crippen molar-refractivity contribution in [1.82, 2.24) is 24.8 Å². The van der Waals surface area contributed by atoms with E-state index in [9.17, 15) is 8.42 Å². The van der Waals surface area contributed by atoms with Gasteiger partial charge in [-0.3, -0.25) is 5.10 Å². The Kier molecular flexibility index (Phi) is 3.66. The number of H-pyrrole nitrogens is 1. The number of aromatic amines is 1. The number of benzene rings is 1. The van der Waals surface area contributed by atoms with Gasteiger partial charge in [0.2, 0.25) is 0 Å². The van der Waals surface area contributed by atoms with Crippen molar-refractivity contribution >= 4 is 15.4 Å². The number of aromatic nitrogens is 5. The maximum atomic E-state index is 11.8. The third-order valence-electron chi connectivity index (χ3n) is 4.37. The zero-order valence-electron chi connectivity index (χ0n) is 14.6. The lowest BCUT2D eigenvalue weighted by Crippen LogP contribution is -1.99. The molecule has 3 aromatic heterocycles. The number of nitrogens with zero attached hydrogens (tertiary/aromatic N) is 4. The maximum absolute atomic E-state index is 11.8. The number of fused-ring (bicyclic) bond motifs is 1. The molecule has 8 heteroatoms. The fourth-order valence-corrected chi connectivity index (χ4v) is 3.84. The quantitative estimate of drug-likeness (QED) is 0.601. The standard InChI is InChI=1S/C18H17N5O2S/c1-11-10-13(26(3,24)25)4-5-14(11)15-6-9-20-23-17(15)12(2)21-18(23)16-7-8-19-22-16/h4-10H,1-3H3,(H,19,22). The Morgan fingerprint density at radius 3 is 2.50 bits per heavy atom. The van der Waals surface area contributed by atoms with E-state index in [0.29, 0.717) is 10.7 Å². The van der Waals surface area contributed by atoms with Gasteiger partial charge in [0.1, 0.15) is 5.69 Å². The highest BCUT2D eigenvalue weighted by atomic mass is 32.2. The van der Waals surface area contributed by atoms with Crippen LogP contribution in [0.1, 0.15) is 11.3 Å². The first kappa shape index (κ1) is 16.5. The summed E-state index contributed by atoms with van der Waals surface area (Å²) in [5.74, 6) is 0.683. The number of hydrogen-bond donors (Lipinski definition) is 1. The summed E-state index contributed by atoms with van der Waals surface area (Å²) in [6.45, 7) is 3.84. The molecule has 3 heterocycles. The smallest absolute Gasteiger partial charge is 0.179 e. The van der Waals surface area contributed by atoms with E-state index in [-0.39, 0.29) is 0 Å². The van der Waals surface area contributed by atoms with Crippen molar-refractivity contribution in [3.63, 3.8) is 0 Å². The molecule has 0 radical (unpaired) electrons. The van der Waals surface area contributed by atoms with Crippen molar-refractivity contribution in [3.8, 4) is 22.6 Å². The van der Waals surface area contributed by atoms with Crippen LogP contribution in [-0.2, 0) is 9.84 Å². The van der Waals surface area contributed by atoms with Crippen LogP contribution >= 0.6 is 0 Å². The molecular weight excluding hydrogens is 350 g/mol. The third kappa shape index (κ3) is 2.59. The molecule has 0 unspecified atom stereocenters. The van der Waals surface area contributed by atoms with E-state index in [2.05, 4.69) is 20.3 Å². The van der Waals surface area contributed by atoms with Gasteiger partial charge in [-0.05, 0) is 49.2 Å². The van der Waals surface area contributed by atoms with Crippen LogP contribution in [0.4, 0.5) is 0 Å². The molecule has 0 bridgehead atoms. The topological polar surface area (TPSA) is 93.0 Å². The monoisotopic (exact) mass is 367 g/mol. The number of aryl methyl sites for hydroxylation is 2. The molecule has 4 rings (SSSR count). The average Bonchev–Trinajstić information content (AvgIpc) is 3.22. The summed E-state index contributed by atoms with van der Waals surface area (Å²) in [6, 6.07) is 8.93. The van der Waals surface area contributed by atoms with Crippen LogP contribution in [0.5, 0.6) is 0 Å². The van der Waals surface area contributed by atoms with E-state index in [4.69, 9.17) is 0 Å². The van der Waals surface area contributed by atoms with Crippen molar-refractivity contribution in [2.45, 2.75) is 18.7 Å². The predicted molar refractivity (Wildman–Crippen MR) is 98.6 cm³/mol. The Hall–Kier alpha value is -3.00. The normalized spacial score (nSPS) is 12.0. The SMILES string of the molecule is Cc1cc(S(C)(=O)=O)ccc1-c1ccnn2c(-c3ccn[nH]3)nc(C)c12. The van der Waals surface area contributed by atoms with Gasteiger partial charge < -0.3 is 0 Å². The second-order valence-corrected chi connectivity index (χ2v) is 8.26. The molecule has 132 valence electrons. The minimum atomic E-state index is -3.24. The first-order chi connectivity index (χ1) is 12.4. The minimum absolute atomic E-state index is 0.312. The number of hydrogen-bond acceptors (Lipinski definition) is 5. The van der Waals surface area contributed by atoms with Crippen molar-refractivity contribution < 1.29 is 8.42 Å². The molecule has 0 aliphatic heterocycles. The molecule has 0 amide bonds. The first-order valence-electron chi connectivity index (χ1n) is 8.01. The summed E-state index contributed by atoms with van der Waals surface area (Å²) in [7, 11) is -3.24. The van der Waals surface area contributed by atoms with E-state index in [1.807, 2.05) is 32.0 Å². The lowest BCUT2D eigenvalue weighted by Gasteiger charge is -2.10. The summed E-state index contributed by atoms with van der Waals surface area (Å²) in [5, 5.41) is 11.3. The van der Waals surface area contributed by atoms with Crippen molar-refractivity contribution in [1.29, 1.82) is 0 Å². The molecule has 1 N–H and O–H groups in total. The predicted octanol–water partition coefficient (Wildman–Crippen LogP) is 2.81. The van der Waals surface area contributed by atoms with Gasteiger partial charge in [-0.2, -0.15) is 10.2 Å². The van der Waals surface area contributed by atoms with Gasteiger partial charge in [0, 0.05) is 24.2 Å². The molecule has 0 saturated carbocycles. The van der Waals surface area contributed by atoms with Crippen molar-refractivity contribution in [2.75, 3.05) is 6.26 Å². The van der Waals surface area contributed by atoms with Crippen LogP contribution in [-0.4, -0.2) is 39.5 Å². The maximum Gasteiger partial charge on any atom is 0.179 e. The Balaban J connectivity index is 1.96. The number of imidazole rings is 1.